The quantitative estimate of drug-likeness (QED) is 0.525. The minimum Gasteiger partial charge on any atom is -0.309 e. The van der Waals surface area contributed by atoms with E-state index in [1.165, 1.54) is 4.31 Å². The molecule has 2 atom stereocenters. The van der Waals surface area contributed by atoms with Gasteiger partial charge in [-0.25, -0.2) is 8.42 Å². The van der Waals surface area contributed by atoms with Gasteiger partial charge in [0.25, 0.3) is 10.0 Å². The maximum absolute atomic E-state index is 13.9. The number of hydrogen-bond donors (Lipinski definition) is 0. The van der Waals surface area contributed by atoms with Crippen molar-refractivity contribution < 1.29 is 13.2 Å². The van der Waals surface area contributed by atoms with Crippen molar-refractivity contribution in [3.05, 3.63) is 90.5 Å². The fraction of sp³-hybridized carbons (Fsp3) is 0.269. The first-order valence-electron chi connectivity index (χ1n) is 10.9. The zero-order chi connectivity index (χ0) is 22.9. The van der Waals surface area contributed by atoms with Crippen molar-refractivity contribution in [1.29, 1.82) is 0 Å². The van der Waals surface area contributed by atoms with Crippen molar-refractivity contribution >= 4 is 27.3 Å². The number of para-hydroxylation sites is 2. The number of amides is 1. The molecule has 0 unspecified atom stereocenters. The molecular weight excluding hydrogens is 420 g/mol. The molecule has 3 aromatic rings. The number of nitrogens with zero attached hydrogens (tertiary/aromatic N) is 2. The van der Waals surface area contributed by atoms with Gasteiger partial charge in [0.2, 0.25) is 5.91 Å². The highest BCUT2D eigenvalue weighted by atomic mass is 32.2. The molecule has 6 heteroatoms. The highest BCUT2D eigenvalue weighted by Crippen LogP contribution is 2.44. The van der Waals surface area contributed by atoms with Gasteiger partial charge in [0, 0.05) is 17.6 Å². The van der Waals surface area contributed by atoms with E-state index in [0.29, 0.717) is 12.1 Å². The van der Waals surface area contributed by atoms with Crippen molar-refractivity contribution in [2.45, 2.75) is 44.2 Å². The molecule has 0 aliphatic carbocycles. The Kier molecular flexibility index (Phi) is 6.07. The van der Waals surface area contributed by atoms with Gasteiger partial charge >= 0.3 is 0 Å². The number of sulfonamides is 1. The molecular formula is C26H28N2O3S. The average molecular weight is 449 g/mol. The number of anilines is 2. The number of benzene rings is 3. The highest BCUT2D eigenvalue weighted by molar-refractivity contribution is 7.92. The third-order valence-electron chi connectivity index (χ3n) is 5.89. The Labute approximate surface area is 190 Å². The summed E-state index contributed by atoms with van der Waals surface area (Å²) < 4.78 is 29.4. The van der Waals surface area contributed by atoms with Crippen LogP contribution in [-0.4, -0.2) is 20.4 Å². The molecule has 0 spiro atoms. The predicted octanol–water partition coefficient (Wildman–Crippen LogP) is 5.40. The van der Waals surface area contributed by atoms with Gasteiger partial charge in [0.1, 0.15) is 0 Å². The standard InChI is InChI=1S/C26H28N2O3S/c1-19(2)26(29)27-20(3)18-25(23-16-10-11-17-24(23)27)28(21-12-6-4-7-13-21)32(30,31)22-14-8-5-9-15-22/h4-17,19-20,25H,18H2,1-3H3/t20-,25-/m1/s1. The fourth-order valence-corrected chi connectivity index (χ4v) is 6.05. The molecule has 1 aliphatic heterocycles. The van der Waals surface area contributed by atoms with Crippen LogP contribution in [-0.2, 0) is 14.8 Å². The molecule has 0 fully saturated rings. The summed E-state index contributed by atoms with van der Waals surface area (Å²) in [6, 6.07) is 24.8. The highest BCUT2D eigenvalue weighted by Gasteiger charge is 2.41. The first kappa shape index (κ1) is 22.1. The number of fused-ring (bicyclic) bond motifs is 1. The molecule has 5 nitrogen and oxygen atoms in total. The third-order valence-corrected chi connectivity index (χ3v) is 7.74. The molecule has 4 rings (SSSR count). The van der Waals surface area contributed by atoms with E-state index < -0.39 is 16.1 Å². The smallest absolute Gasteiger partial charge is 0.264 e. The van der Waals surface area contributed by atoms with Gasteiger partial charge in [0.05, 0.1) is 16.6 Å². The van der Waals surface area contributed by atoms with E-state index in [4.69, 9.17) is 0 Å². The average Bonchev–Trinajstić information content (AvgIpc) is 2.80. The van der Waals surface area contributed by atoms with Crippen LogP contribution < -0.4 is 9.21 Å². The van der Waals surface area contributed by atoms with Crippen LogP contribution in [0.25, 0.3) is 0 Å². The fourth-order valence-electron chi connectivity index (χ4n) is 4.38. The van der Waals surface area contributed by atoms with Crippen LogP contribution in [0.5, 0.6) is 0 Å². The monoisotopic (exact) mass is 448 g/mol. The molecule has 32 heavy (non-hydrogen) atoms. The second kappa shape index (κ2) is 8.79. The van der Waals surface area contributed by atoms with Crippen molar-refractivity contribution in [3.8, 4) is 0 Å². The van der Waals surface area contributed by atoms with E-state index in [-0.39, 0.29) is 22.8 Å². The van der Waals surface area contributed by atoms with E-state index >= 15 is 0 Å². The van der Waals surface area contributed by atoms with E-state index in [1.54, 1.807) is 30.3 Å². The summed E-state index contributed by atoms with van der Waals surface area (Å²) in [5, 5.41) is 0. The van der Waals surface area contributed by atoms with Crippen LogP contribution >= 0.6 is 0 Å². The van der Waals surface area contributed by atoms with Crippen LogP contribution in [0.2, 0.25) is 0 Å². The minimum absolute atomic E-state index is 0.0422. The number of carbonyl (C=O) groups is 1. The molecule has 1 amide bonds. The third kappa shape index (κ3) is 3.91. The van der Waals surface area contributed by atoms with Gasteiger partial charge in [-0.05, 0) is 49.2 Å². The lowest BCUT2D eigenvalue weighted by Crippen LogP contribution is -2.49. The Bertz CT molecular complexity index is 1190. The van der Waals surface area contributed by atoms with Gasteiger partial charge < -0.3 is 4.90 Å². The Morgan fingerprint density at radius 1 is 0.906 bits per heavy atom. The zero-order valence-electron chi connectivity index (χ0n) is 18.5. The van der Waals surface area contributed by atoms with Gasteiger partial charge in [-0.1, -0.05) is 68.4 Å². The molecule has 166 valence electrons. The van der Waals surface area contributed by atoms with E-state index in [2.05, 4.69) is 0 Å². The van der Waals surface area contributed by atoms with Gasteiger partial charge in [-0.3, -0.25) is 9.10 Å². The Morgan fingerprint density at radius 3 is 2.09 bits per heavy atom. The Balaban J connectivity index is 1.90. The lowest BCUT2D eigenvalue weighted by molar-refractivity contribution is -0.122. The predicted molar refractivity (Wildman–Crippen MR) is 128 cm³/mol. The molecule has 0 bridgehead atoms. The van der Waals surface area contributed by atoms with E-state index in [9.17, 15) is 13.2 Å². The first-order valence-corrected chi connectivity index (χ1v) is 12.3. The normalized spacial score (nSPS) is 18.3. The molecule has 1 aliphatic rings. The maximum Gasteiger partial charge on any atom is 0.264 e. The van der Waals surface area contributed by atoms with Crippen LogP contribution in [0.1, 0.15) is 38.8 Å². The van der Waals surface area contributed by atoms with E-state index in [1.807, 2.05) is 80.3 Å². The van der Waals surface area contributed by atoms with Crippen molar-refractivity contribution in [3.63, 3.8) is 0 Å². The van der Waals surface area contributed by atoms with Crippen molar-refractivity contribution in [2.75, 3.05) is 9.21 Å². The summed E-state index contributed by atoms with van der Waals surface area (Å²) in [4.78, 5) is 15.1. The minimum atomic E-state index is -3.84. The van der Waals surface area contributed by atoms with Crippen LogP contribution in [0.3, 0.4) is 0 Å². The SMILES string of the molecule is CC(C)C(=O)N1c2ccccc2[C@H](N(c2ccccc2)S(=O)(=O)c2ccccc2)C[C@H]1C. The Morgan fingerprint density at radius 2 is 1.47 bits per heavy atom. The summed E-state index contributed by atoms with van der Waals surface area (Å²) >= 11 is 0. The molecule has 0 saturated carbocycles. The van der Waals surface area contributed by atoms with Crippen molar-refractivity contribution in [1.82, 2.24) is 0 Å². The lowest BCUT2D eigenvalue weighted by Gasteiger charge is -2.44. The van der Waals surface area contributed by atoms with Gasteiger partial charge in [-0.15, -0.1) is 0 Å². The van der Waals surface area contributed by atoms with Crippen LogP contribution in [0, 0.1) is 5.92 Å². The molecule has 3 aromatic carbocycles. The molecule has 0 saturated heterocycles. The molecule has 0 aromatic heterocycles. The number of carbonyl (C=O) groups excluding carboxylic acids is 1. The summed E-state index contributed by atoms with van der Waals surface area (Å²) in [5.41, 5.74) is 2.22. The number of rotatable bonds is 5. The molecule has 0 radical (unpaired) electrons. The summed E-state index contributed by atoms with van der Waals surface area (Å²) in [7, 11) is -3.84. The van der Waals surface area contributed by atoms with E-state index in [0.717, 1.165) is 11.3 Å². The topological polar surface area (TPSA) is 57.7 Å². The van der Waals surface area contributed by atoms with Crippen molar-refractivity contribution in [2.24, 2.45) is 5.92 Å². The zero-order valence-corrected chi connectivity index (χ0v) is 19.4. The number of hydrogen-bond acceptors (Lipinski definition) is 3. The second-order valence-electron chi connectivity index (χ2n) is 8.47. The van der Waals surface area contributed by atoms with Crippen LogP contribution in [0.15, 0.2) is 89.8 Å². The maximum atomic E-state index is 13.9. The lowest BCUT2D eigenvalue weighted by atomic mass is 9.90. The van der Waals surface area contributed by atoms with Crippen LogP contribution in [0.4, 0.5) is 11.4 Å². The molecule has 1 heterocycles. The second-order valence-corrected chi connectivity index (χ2v) is 10.3. The Hall–Kier alpha value is -3.12. The largest absolute Gasteiger partial charge is 0.309 e. The summed E-state index contributed by atoms with van der Waals surface area (Å²) in [6.45, 7) is 5.77. The van der Waals surface area contributed by atoms with Gasteiger partial charge in [0.15, 0.2) is 0 Å². The summed E-state index contributed by atoms with van der Waals surface area (Å²) in [6.07, 6.45) is 0.496. The summed E-state index contributed by atoms with van der Waals surface area (Å²) in [5.74, 6) is -0.110. The molecule has 0 N–H and O–H groups in total. The first-order chi connectivity index (χ1) is 15.3. The van der Waals surface area contributed by atoms with Gasteiger partial charge in [-0.2, -0.15) is 0 Å².